The van der Waals surface area contributed by atoms with Crippen LogP contribution in [0.25, 0.3) is 11.3 Å². The number of rotatable bonds is 3. The zero-order chi connectivity index (χ0) is 14.1. The van der Waals surface area contributed by atoms with Gasteiger partial charge in [-0.15, -0.1) is 11.3 Å². The average Bonchev–Trinajstić information content (AvgIpc) is 3.17. The predicted molar refractivity (Wildman–Crippen MR) is 83.9 cm³/mol. The number of thiophene rings is 1. The highest BCUT2D eigenvalue weighted by Gasteiger charge is 2.20. The molecule has 0 amide bonds. The Labute approximate surface area is 127 Å². The van der Waals surface area contributed by atoms with Crippen LogP contribution >= 0.6 is 11.3 Å². The van der Waals surface area contributed by atoms with Crippen LogP contribution in [-0.2, 0) is 19.6 Å². The third-order valence-electron chi connectivity index (χ3n) is 3.88. The first-order chi connectivity index (χ1) is 10.4. The fraction of sp³-hybridized carbons (Fsp3) is 0.250. The summed E-state index contributed by atoms with van der Waals surface area (Å²) in [4.78, 5) is 12.6. The van der Waals surface area contributed by atoms with Crippen LogP contribution in [0.15, 0.2) is 48.2 Å². The molecule has 0 atom stereocenters. The summed E-state index contributed by atoms with van der Waals surface area (Å²) >= 11 is 1.82. The minimum Gasteiger partial charge on any atom is -0.326 e. The van der Waals surface area contributed by atoms with E-state index in [9.17, 15) is 0 Å². The largest absolute Gasteiger partial charge is 0.326 e. The molecule has 3 aromatic rings. The Balaban J connectivity index is 1.56. The van der Waals surface area contributed by atoms with E-state index in [-0.39, 0.29) is 0 Å². The molecule has 0 bridgehead atoms. The molecule has 0 N–H and O–H groups in total. The molecule has 21 heavy (non-hydrogen) atoms. The maximum absolute atomic E-state index is 4.62. The molecule has 0 unspecified atom stereocenters. The van der Waals surface area contributed by atoms with Gasteiger partial charge in [-0.1, -0.05) is 6.07 Å². The van der Waals surface area contributed by atoms with E-state index in [2.05, 4.69) is 36.9 Å². The monoisotopic (exact) mass is 296 g/mol. The zero-order valence-corrected chi connectivity index (χ0v) is 12.5. The van der Waals surface area contributed by atoms with Gasteiger partial charge in [0.25, 0.3) is 0 Å². The number of nitrogens with zero attached hydrogens (tertiary/aromatic N) is 4. The summed E-state index contributed by atoms with van der Waals surface area (Å²) in [5, 5.41) is 2.14. The Hall–Kier alpha value is -1.98. The van der Waals surface area contributed by atoms with E-state index in [1.54, 1.807) is 0 Å². The molecule has 3 aromatic heterocycles. The quantitative estimate of drug-likeness (QED) is 0.745. The Bertz CT molecular complexity index is 718. The van der Waals surface area contributed by atoms with E-state index in [0.29, 0.717) is 0 Å². The molecule has 0 saturated carbocycles. The highest BCUT2D eigenvalue weighted by molar-refractivity contribution is 7.09. The number of hydrogen-bond donors (Lipinski definition) is 0. The van der Waals surface area contributed by atoms with Crippen LogP contribution in [0.5, 0.6) is 0 Å². The highest BCUT2D eigenvalue weighted by Crippen LogP contribution is 2.24. The van der Waals surface area contributed by atoms with E-state index in [1.807, 2.05) is 42.1 Å². The van der Waals surface area contributed by atoms with Crippen molar-refractivity contribution in [1.82, 2.24) is 19.4 Å². The van der Waals surface area contributed by atoms with Gasteiger partial charge in [0.2, 0.25) is 0 Å². The van der Waals surface area contributed by atoms with Crippen molar-refractivity contribution in [3.63, 3.8) is 0 Å². The summed E-state index contributed by atoms with van der Waals surface area (Å²) in [7, 11) is 0. The molecule has 0 radical (unpaired) electrons. The van der Waals surface area contributed by atoms with Crippen molar-refractivity contribution in [2.24, 2.45) is 0 Å². The summed E-state index contributed by atoms with van der Waals surface area (Å²) in [5.74, 6) is 1.16. The average molecular weight is 296 g/mol. The molecule has 5 heteroatoms. The lowest BCUT2D eigenvalue weighted by molar-refractivity contribution is 0.211. The van der Waals surface area contributed by atoms with Crippen molar-refractivity contribution in [2.75, 3.05) is 6.54 Å². The van der Waals surface area contributed by atoms with Crippen molar-refractivity contribution in [1.29, 1.82) is 0 Å². The smallest absolute Gasteiger partial charge is 0.123 e. The van der Waals surface area contributed by atoms with Crippen molar-refractivity contribution in [2.45, 2.75) is 19.6 Å². The van der Waals surface area contributed by atoms with Gasteiger partial charge in [-0.05, 0) is 23.6 Å². The first-order valence-electron chi connectivity index (χ1n) is 7.10. The highest BCUT2D eigenvalue weighted by atomic mass is 32.1. The van der Waals surface area contributed by atoms with E-state index in [1.165, 1.54) is 16.1 Å². The third kappa shape index (κ3) is 2.50. The molecule has 0 fully saturated rings. The summed E-state index contributed by atoms with van der Waals surface area (Å²) in [6, 6.07) is 8.41. The second-order valence-electron chi connectivity index (χ2n) is 5.24. The molecule has 106 valence electrons. The number of fused-ring (bicyclic) bond motifs is 1. The molecule has 4 nitrogen and oxygen atoms in total. The van der Waals surface area contributed by atoms with Crippen LogP contribution in [-0.4, -0.2) is 26.0 Å². The molecule has 0 aliphatic carbocycles. The Morgan fingerprint density at radius 1 is 1.14 bits per heavy atom. The molecule has 1 aliphatic heterocycles. The van der Waals surface area contributed by atoms with Gasteiger partial charge in [0.15, 0.2) is 0 Å². The maximum atomic E-state index is 4.62. The number of aromatic nitrogens is 3. The van der Waals surface area contributed by atoms with Crippen LogP contribution in [0.3, 0.4) is 0 Å². The van der Waals surface area contributed by atoms with Crippen LogP contribution < -0.4 is 0 Å². The minimum absolute atomic E-state index is 0.920. The van der Waals surface area contributed by atoms with E-state index >= 15 is 0 Å². The van der Waals surface area contributed by atoms with Gasteiger partial charge in [0.1, 0.15) is 5.82 Å². The van der Waals surface area contributed by atoms with Gasteiger partial charge < -0.3 is 4.57 Å². The first kappa shape index (κ1) is 12.7. The molecule has 4 rings (SSSR count). The van der Waals surface area contributed by atoms with Gasteiger partial charge in [0, 0.05) is 42.5 Å². The second kappa shape index (κ2) is 5.42. The van der Waals surface area contributed by atoms with Gasteiger partial charge in [-0.25, -0.2) is 4.98 Å². The SMILES string of the molecule is c1csc(CN2CCn3c(-c4ccncc4)cnc3C2)c1. The maximum Gasteiger partial charge on any atom is 0.123 e. The van der Waals surface area contributed by atoms with Gasteiger partial charge in [-0.2, -0.15) is 0 Å². The van der Waals surface area contributed by atoms with Gasteiger partial charge in [-0.3, -0.25) is 9.88 Å². The predicted octanol–water partition coefficient (Wildman–Crippen LogP) is 3.02. The lowest BCUT2D eigenvalue weighted by atomic mass is 10.2. The summed E-state index contributed by atoms with van der Waals surface area (Å²) < 4.78 is 2.33. The standard InChI is InChI=1S/C16H16N4S/c1-2-14(21-9-1)11-19-7-8-20-15(10-18-16(20)12-19)13-3-5-17-6-4-13/h1-6,9-10H,7-8,11-12H2. The first-order valence-corrected chi connectivity index (χ1v) is 7.97. The number of hydrogen-bond acceptors (Lipinski definition) is 4. The van der Waals surface area contributed by atoms with Gasteiger partial charge in [0.05, 0.1) is 18.4 Å². The zero-order valence-electron chi connectivity index (χ0n) is 11.6. The van der Waals surface area contributed by atoms with Crippen LogP contribution in [0.2, 0.25) is 0 Å². The third-order valence-corrected chi connectivity index (χ3v) is 4.74. The number of imidazole rings is 1. The molecule has 4 heterocycles. The Kier molecular flexibility index (Phi) is 3.29. The number of pyridine rings is 1. The van der Waals surface area contributed by atoms with E-state index in [0.717, 1.165) is 32.0 Å². The molecular weight excluding hydrogens is 280 g/mol. The molecular formula is C16H16N4S. The summed E-state index contributed by atoms with van der Waals surface area (Å²) in [5.41, 5.74) is 2.39. The molecule has 1 aliphatic rings. The summed E-state index contributed by atoms with van der Waals surface area (Å²) in [6.45, 7) is 4.01. The topological polar surface area (TPSA) is 34.0 Å². The van der Waals surface area contributed by atoms with Gasteiger partial charge >= 0.3 is 0 Å². The van der Waals surface area contributed by atoms with E-state index < -0.39 is 0 Å². The van der Waals surface area contributed by atoms with E-state index in [4.69, 9.17) is 0 Å². The fourth-order valence-electron chi connectivity index (χ4n) is 2.82. The fourth-order valence-corrected chi connectivity index (χ4v) is 3.57. The molecule has 0 aromatic carbocycles. The lowest BCUT2D eigenvalue weighted by Gasteiger charge is -2.28. The second-order valence-corrected chi connectivity index (χ2v) is 6.27. The minimum atomic E-state index is 0.920. The Morgan fingerprint density at radius 2 is 2.05 bits per heavy atom. The van der Waals surface area contributed by atoms with Crippen molar-refractivity contribution >= 4 is 11.3 Å². The van der Waals surface area contributed by atoms with Crippen molar-refractivity contribution < 1.29 is 0 Å². The van der Waals surface area contributed by atoms with Crippen molar-refractivity contribution in [3.05, 3.63) is 58.9 Å². The Morgan fingerprint density at radius 3 is 2.86 bits per heavy atom. The summed E-state index contributed by atoms with van der Waals surface area (Å²) in [6.07, 6.45) is 5.65. The van der Waals surface area contributed by atoms with Crippen LogP contribution in [0, 0.1) is 0 Å². The van der Waals surface area contributed by atoms with Crippen LogP contribution in [0.4, 0.5) is 0 Å². The normalized spacial score (nSPS) is 15.0. The lowest BCUT2D eigenvalue weighted by Crippen LogP contribution is -2.33. The molecule has 0 spiro atoms. The van der Waals surface area contributed by atoms with Crippen LogP contribution in [0.1, 0.15) is 10.7 Å². The van der Waals surface area contributed by atoms with Crippen molar-refractivity contribution in [3.8, 4) is 11.3 Å². The molecule has 0 saturated heterocycles.